The Hall–Kier alpha value is -2.65. The Balaban J connectivity index is 1.74. The summed E-state index contributed by atoms with van der Waals surface area (Å²) in [6, 6.07) is 9.81. The van der Waals surface area contributed by atoms with Gasteiger partial charge in [-0.2, -0.15) is 0 Å². The van der Waals surface area contributed by atoms with Gasteiger partial charge in [-0.3, -0.25) is 4.79 Å². The van der Waals surface area contributed by atoms with Gasteiger partial charge in [0.15, 0.2) is 26.5 Å². The summed E-state index contributed by atoms with van der Waals surface area (Å²) >= 11 is 1.33. The van der Waals surface area contributed by atoms with E-state index in [1.165, 1.54) is 23.5 Å². The molecule has 0 aliphatic carbocycles. The van der Waals surface area contributed by atoms with Crippen LogP contribution in [0.2, 0.25) is 0 Å². The van der Waals surface area contributed by atoms with Crippen LogP contribution in [0, 0.1) is 0 Å². The largest absolute Gasteiger partial charge is 0.493 e. The van der Waals surface area contributed by atoms with Gasteiger partial charge >= 0.3 is 0 Å². The number of nitrogens with one attached hydrogen (secondary N) is 1. The molecule has 0 aliphatic rings. The summed E-state index contributed by atoms with van der Waals surface area (Å²) in [4.78, 5) is 16.9. The molecule has 27 heavy (non-hydrogen) atoms. The van der Waals surface area contributed by atoms with Gasteiger partial charge in [0.1, 0.15) is 0 Å². The number of amides is 1. The Kier molecular flexibility index (Phi) is 5.33. The summed E-state index contributed by atoms with van der Waals surface area (Å²) in [6.07, 6.45) is 1.26. The molecular formula is C18H18N2O5S2. The van der Waals surface area contributed by atoms with Crippen molar-refractivity contribution < 1.29 is 22.7 Å². The second-order valence-electron chi connectivity index (χ2n) is 5.84. The maximum absolute atomic E-state index is 12.3. The Morgan fingerprint density at radius 1 is 1.11 bits per heavy atom. The average molecular weight is 406 g/mol. The first-order chi connectivity index (χ1) is 12.8. The van der Waals surface area contributed by atoms with Crippen molar-refractivity contribution in [1.29, 1.82) is 0 Å². The lowest BCUT2D eigenvalue weighted by atomic mass is 10.1. The van der Waals surface area contributed by atoms with Gasteiger partial charge in [-0.05, 0) is 17.7 Å². The number of rotatable bonds is 6. The first-order valence-electron chi connectivity index (χ1n) is 7.91. The van der Waals surface area contributed by atoms with Gasteiger partial charge in [0.25, 0.3) is 0 Å². The molecular weight excluding hydrogens is 388 g/mol. The van der Waals surface area contributed by atoms with E-state index in [1.54, 1.807) is 32.4 Å². The zero-order valence-electron chi connectivity index (χ0n) is 15.0. The zero-order valence-corrected chi connectivity index (χ0v) is 16.6. The van der Waals surface area contributed by atoms with Crippen molar-refractivity contribution in [1.82, 2.24) is 4.98 Å². The first-order valence-corrected chi connectivity index (χ1v) is 10.6. The lowest BCUT2D eigenvalue weighted by Gasteiger charge is -2.05. The van der Waals surface area contributed by atoms with Crippen LogP contribution in [0.3, 0.4) is 0 Å². The van der Waals surface area contributed by atoms with E-state index >= 15 is 0 Å². The highest BCUT2D eigenvalue weighted by molar-refractivity contribution is 7.90. The highest BCUT2D eigenvalue weighted by Gasteiger charge is 2.13. The van der Waals surface area contributed by atoms with E-state index in [4.69, 9.17) is 9.47 Å². The Bertz CT molecular complexity index is 1050. The van der Waals surface area contributed by atoms with Crippen LogP contribution in [0.5, 0.6) is 11.5 Å². The van der Waals surface area contributed by atoms with Gasteiger partial charge in [0, 0.05) is 18.4 Å². The molecule has 7 nitrogen and oxygen atoms in total. The second-order valence-corrected chi connectivity index (χ2v) is 8.88. The molecule has 0 radical (unpaired) electrons. The van der Waals surface area contributed by atoms with Crippen LogP contribution >= 0.6 is 11.3 Å². The van der Waals surface area contributed by atoms with Gasteiger partial charge < -0.3 is 14.8 Å². The predicted molar refractivity (Wildman–Crippen MR) is 105 cm³/mol. The monoisotopic (exact) mass is 406 g/mol. The highest BCUT2D eigenvalue weighted by atomic mass is 32.2. The molecule has 9 heteroatoms. The summed E-state index contributed by atoms with van der Waals surface area (Å²) in [7, 11) is -0.145. The number of hydrogen-bond donors (Lipinski definition) is 1. The number of methoxy groups -OCH3 is 2. The van der Waals surface area contributed by atoms with E-state index < -0.39 is 9.84 Å². The minimum absolute atomic E-state index is 0.118. The van der Waals surface area contributed by atoms with Gasteiger partial charge in [-0.15, -0.1) is 0 Å². The fraction of sp³-hybridized carbons (Fsp3) is 0.222. The third-order valence-corrected chi connectivity index (χ3v) is 5.92. The first kappa shape index (κ1) is 19.1. The number of carbonyl (C=O) groups excluding carboxylic acids is 1. The van der Waals surface area contributed by atoms with Crippen LogP contribution in [0.4, 0.5) is 5.13 Å². The maximum atomic E-state index is 12.3. The van der Waals surface area contributed by atoms with Crippen molar-refractivity contribution in [2.45, 2.75) is 11.3 Å². The Labute approximate surface area is 160 Å². The quantitative estimate of drug-likeness (QED) is 0.676. The van der Waals surface area contributed by atoms with E-state index in [-0.39, 0.29) is 17.2 Å². The fourth-order valence-corrected chi connectivity index (χ4v) is 4.03. The van der Waals surface area contributed by atoms with Gasteiger partial charge in [0.05, 0.1) is 35.8 Å². The van der Waals surface area contributed by atoms with E-state index in [0.29, 0.717) is 27.7 Å². The second kappa shape index (κ2) is 7.53. The normalized spacial score (nSPS) is 11.4. The van der Waals surface area contributed by atoms with Crippen molar-refractivity contribution in [2.75, 3.05) is 25.8 Å². The summed E-state index contributed by atoms with van der Waals surface area (Å²) in [5.74, 6) is 0.928. The van der Waals surface area contributed by atoms with E-state index in [2.05, 4.69) is 10.3 Å². The highest BCUT2D eigenvalue weighted by Crippen LogP contribution is 2.36. The van der Waals surface area contributed by atoms with Crippen LogP contribution in [0.1, 0.15) is 5.56 Å². The van der Waals surface area contributed by atoms with Crippen LogP contribution < -0.4 is 14.8 Å². The number of nitrogens with zero attached hydrogens (tertiary/aromatic N) is 1. The molecule has 0 unspecified atom stereocenters. The molecule has 0 fully saturated rings. The number of benzene rings is 2. The van der Waals surface area contributed by atoms with Crippen LogP contribution in [0.15, 0.2) is 41.3 Å². The third kappa shape index (κ3) is 4.37. The number of ether oxygens (including phenoxy) is 2. The summed E-state index contributed by atoms with van der Waals surface area (Å²) < 4.78 is 34.3. The Morgan fingerprint density at radius 3 is 2.33 bits per heavy atom. The number of anilines is 1. The molecule has 1 aromatic heterocycles. The number of aromatic nitrogens is 1. The maximum Gasteiger partial charge on any atom is 0.230 e. The predicted octanol–water partition coefficient (Wildman–Crippen LogP) is 2.90. The van der Waals surface area contributed by atoms with Gasteiger partial charge in [-0.1, -0.05) is 23.5 Å². The molecule has 0 aliphatic heterocycles. The van der Waals surface area contributed by atoms with Crippen molar-refractivity contribution in [2.24, 2.45) is 0 Å². The molecule has 1 N–H and O–H groups in total. The molecule has 0 saturated carbocycles. The lowest BCUT2D eigenvalue weighted by molar-refractivity contribution is -0.115. The van der Waals surface area contributed by atoms with Gasteiger partial charge in [-0.25, -0.2) is 13.4 Å². The number of hydrogen-bond acceptors (Lipinski definition) is 7. The molecule has 0 atom stereocenters. The molecule has 3 rings (SSSR count). The number of carbonyl (C=O) groups is 1. The van der Waals surface area contributed by atoms with Crippen molar-refractivity contribution in [3.05, 3.63) is 42.0 Å². The summed E-state index contributed by atoms with van der Waals surface area (Å²) in [5.41, 5.74) is 1.41. The standard InChI is InChI=1S/C18H18N2O5S2/c1-24-14-9-13-16(10-15(14)25-2)26-18(19-13)20-17(21)8-11-4-6-12(7-5-11)27(3,22)23/h4-7,9-10H,8H2,1-3H3,(H,19,20,21). The number of thiazole rings is 1. The molecule has 0 saturated heterocycles. The molecule has 1 heterocycles. The fourth-order valence-electron chi connectivity index (χ4n) is 2.51. The zero-order chi connectivity index (χ0) is 19.6. The van der Waals surface area contributed by atoms with Crippen molar-refractivity contribution in [3.63, 3.8) is 0 Å². The van der Waals surface area contributed by atoms with Crippen LogP contribution in [-0.2, 0) is 21.1 Å². The number of fused-ring (bicyclic) bond motifs is 1. The van der Waals surface area contributed by atoms with Crippen molar-refractivity contribution in [3.8, 4) is 11.5 Å². The van der Waals surface area contributed by atoms with E-state index in [1.807, 2.05) is 6.07 Å². The average Bonchev–Trinajstić information content (AvgIpc) is 3.00. The van der Waals surface area contributed by atoms with Crippen molar-refractivity contribution >= 4 is 42.4 Å². The molecule has 0 spiro atoms. The molecule has 3 aromatic rings. The topological polar surface area (TPSA) is 94.6 Å². The van der Waals surface area contributed by atoms with E-state index in [9.17, 15) is 13.2 Å². The smallest absolute Gasteiger partial charge is 0.230 e. The lowest BCUT2D eigenvalue weighted by Crippen LogP contribution is -2.14. The molecule has 1 amide bonds. The molecule has 142 valence electrons. The van der Waals surface area contributed by atoms with Gasteiger partial charge in [0.2, 0.25) is 5.91 Å². The molecule has 2 aromatic carbocycles. The summed E-state index contributed by atoms with van der Waals surface area (Å²) in [6.45, 7) is 0. The Morgan fingerprint density at radius 2 is 1.74 bits per heavy atom. The molecule has 0 bridgehead atoms. The minimum atomic E-state index is -3.25. The summed E-state index contributed by atoms with van der Waals surface area (Å²) in [5, 5.41) is 3.24. The minimum Gasteiger partial charge on any atom is -0.493 e. The SMILES string of the molecule is COc1cc2nc(NC(=O)Cc3ccc(S(C)(=O)=O)cc3)sc2cc1OC. The van der Waals surface area contributed by atoms with Crippen LogP contribution in [-0.4, -0.2) is 39.8 Å². The van der Waals surface area contributed by atoms with Crippen LogP contribution in [0.25, 0.3) is 10.2 Å². The third-order valence-electron chi connectivity index (χ3n) is 3.86. The van der Waals surface area contributed by atoms with E-state index in [0.717, 1.165) is 11.0 Å². The number of sulfone groups is 1.